The second-order valence-corrected chi connectivity index (χ2v) is 27.5. The van der Waals surface area contributed by atoms with Crippen LogP contribution in [0.1, 0.15) is 119 Å². The van der Waals surface area contributed by atoms with Gasteiger partial charge in [0.1, 0.15) is 11.5 Å². The van der Waals surface area contributed by atoms with Gasteiger partial charge in [0.15, 0.2) is 0 Å². The highest BCUT2D eigenvalue weighted by molar-refractivity contribution is 6.99. The molecular weight excluding hydrogens is 1090 g/mol. The van der Waals surface area contributed by atoms with Gasteiger partial charge in [-0.05, 0) is 157 Å². The zero-order valence-electron chi connectivity index (χ0n) is 64.6. The Hall–Kier alpha value is -10.1. The van der Waals surface area contributed by atoms with Crippen LogP contribution >= 0.6 is 0 Å². The highest BCUT2D eigenvalue weighted by Crippen LogP contribution is 2.58. The largest absolute Gasteiger partial charge is 0.457 e. The van der Waals surface area contributed by atoms with E-state index in [1.54, 1.807) is 4.57 Å². The van der Waals surface area contributed by atoms with E-state index in [0.717, 1.165) is 94.2 Å². The van der Waals surface area contributed by atoms with Crippen LogP contribution in [0.3, 0.4) is 0 Å². The Labute approximate surface area is 546 Å². The molecule has 4 nitrogen and oxygen atoms in total. The molecule has 17 rings (SSSR count). The fourth-order valence-corrected chi connectivity index (χ4v) is 14.9. The molecule has 0 amide bonds. The van der Waals surface area contributed by atoms with Gasteiger partial charge >= 0.3 is 0 Å². The fraction of sp³-hybridized carbons (Fsp3) is 0.153. The molecule has 3 aliphatic heterocycles. The van der Waals surface area contributed by atoms with Crippen LogP contribution in [-0.2, 0) is 21.7 Å². The van der Waals surface area contributed by atoms with Crippen LogP contribution in [0.2, 0.25) is 0 Å². The smallest absolute Gasteiger partial charge is 0.247 e. The fourth-order valence-electron chi connectivity index (χ4n) is 14.9. The third-order valence-corrected chi connectivity index (χ3v) is 19.2. The van der Waals surface area contributed by atoms with Gasteiger partial charge < -0.3 is 18.8 Å². The molecule has 90 heavy (non-hydrogen) atoms. The second kappa shape index (κ2) is 19.5. The quantitative estimate of drug-likeness (QED) is 0.160. The van der Waals surface area contributed by atoms with Crippen molar-refractivity contribution in [3.8, 4) is 45.1 Å². The summed E-state index contributed by atoms with van der Waals surface area (Å²) < 4.78 is 132. The normalized spacial score (nSPS) is 16.0. The standard InChI is InChI=1S/C85H70BN3O/c1-82(2,3)56-37-43-74(63(47-56)54-26-14-11-15-27-54)89-77-51-59(87-72-32-20-16-28-61(72)62-29-17-21-33-73(62)87)40-42-71(77)86-70-41-36-55(53-24-12-10-13-25-53)46-68(70)85(66-30-18-22-34-79(66)90-80-35-23-19-31-67(80)85)69-50-60(52-78(89)81(69)86)88-75-44-38-57(83(4,5)6)48-64(75)65-49-58(84(7,8)9)39-45-76(65)88/h10-52H,1-9H3/i10D,12D,13D,16D,17D,20D,21D,24D,25D,28D,29D,32D,33D. The van der Waals surface area contributed by atoms with Crippen molar-refractivity contribution in [3.05, 3.63) is 299 Å². The Kier molecular flexibility index (Phi) is 9.07. The van der Waals surface area contributed by atoms with Crippen LogP contribution in [0.5, 0.6) is 11.5 Å². The summed E-state index contributed by atoms with van der Waals surface area (Å²) >= 11 is 0. The highest BCUT2D eigenvalue weighted by atomic mass is 16.5. The van der Waals surface area contributed by atoms with Gasteiger partial charge in [0.05, 0.1) is 51.0 Å². The molecule has 14 aromatic rings. The Bertz CT molecular complexity index is 5890. The Balaban J connectivity index is 1.11. The Morgan fingerprint density at radius 1 is 0.367 bits per heavy atom. The maximum atomic E-state index is 9.75. The van der Waals surface area contributed by atoms with Crippen LogP contribution < -0.4 is 26.0 Å². The Morgan fingerprint density at radius 3 is 1.52 bits per heavy atom. The molecule has 434 valence electrons. The third kappa shape index (κ3) is 7.94. The number of rotatable bonds is 5. The lowest BCUT2D eigenvalue weighted by Crippen LogP contribution is -2.65. The number of para-hydroxylation sites is 4. The van der Waals surface area contributed by atoms with E-state index in [-0.39, 0.29) is 55.7 Å². The minimum atomic E-state index is -1.31. The maximum Gasteiger partial charge on any atom is 0.247 e. The minimum absolute atomic E-state index is 0.0163. The second-order valence-electron chi connectivity index (χ2n) is 27.5. The first-order chi connectivity index (χ1) is 48.9. The van der Waals surface area contributed by atoms with Gasteiger partial charge in [0.25, 0.3) is 0 Å². The predicted octanol–water partition coefficient (Wildman–Crippen LogP) is 20.2. The van der Waals surface area contributed by atoms with Crippen LogP contribution in [0, 0.1) is 0 Å². The molecule has 5 heterocycles. The first-order valence-corrected chi connectivity index (χ1v) is 30.9. The van der Waals surface area contributed by atoms with E-state index in [1.807, 2.05) is 91.0 Å². The summed E-state index contributed by atoms with van der Waals surface area (Å²) in [6, 6.07) is 57.2. The van der Waals surface area contributed by atoms with E-state index < -0.39 is 78.6 Å². The van der Waals surface area contributed by atoms with Crippen molar-refractivity contribution in [3.63, 3.8) is 0 Å². The molecular formula is C85H70BN3O. The first-order valence-electron chi connectivity index (χ1n) is 37.4. The molecule has 0 saturated carbocycles. The summed E-state index contributed by atoms with van der Waals surface area (Å²) in [6.45, 7) is 19.3. The van der Waals surface area contributed by atoms with Crippen molar-refractivity contribution in [2.45, 2.75) is 84.0 Å². The van der Waals surface area contributed by atoms with Crippen LogP contribution in [0.4, 0.5) is 17.1 Å². The highest BCUT2D eigenvalue weighted by Gasteiger charge is 2.55. The lowest BCUT2D eigenvalue weighted by atomic mass is 9.29. The van der Waals surface area contributed by atoms with E-state index in [2.05, 4.69) is 163 Å². The number of anilines is 3. The maximum absolute atomic E-state index is 9.75. The van der Waals surface area contributed by atoms with Crippen LogP contribution in [-0.4, -0.2) is 15.8 Å². The number of nitrogens with zero attached hydrogens (tertiary/aromatic N) is 3. The molecule has 2 aromatic heterocycles. The van der Waals surface area contributed by atoms with Gasteiger partial charge in [0.2, 0.25) is 6.71 Å². The van der Waals surface area contributed by atoms with Gasteiger partial charge in [-0.3, -0.25) is 0 Å². The monoisotopic (exact) mass is 1170 g/mol. The van der Waals surface area contributed by atoms with Crippen molar-refractivity contribution in [1.82, 2.24) is 9.13 Å². The van der Waals surface area contributed by atoms with Gasteiger partial charge in [-0.15, -0.1) is 0 Å². The van der Waals surface area contributed by atoms with Gasteiger partial charge in [0, 0.05) is 61.0 Å². The molecule has 0 radical (unpaired) electrons. The average Bonchev–Trinajstić information content (AvgIpc) is 1.28. The topological polar surface area (TPSA) is 22.3 Å². The number of ether oxygens (including phenoxy) is 1. The summed E-state index contributed by atoms with van der Waals surface area (Å²) in [4.78, 5) is 2.32. The van der Waals surface area contributed by atoms with E-state index in [4.69, 9.17) is 11.6 Å². The summed E-state index contributed by atoms with van der Waals surface area (Å²) in [7, 11) is 0. The minimum Gasteiger partial charge on any atom is -0.457 e. The molecule has 0 bridgehead atoms. The number of fused-ring (bicyclic) bond motifs is 16. The molecule has 0 N–H and O–H groups in total. The van der Waals surface area contributed by atoms with Crippen LogP contribution in [0.15, 0.2) is 261 Å². The summed E-state index contributed by atoms with van der Waals surface area (Å²) in [5.41, 5.74) is 14.8. The molecule has 0 saturated heterocycles. The SMILES string of the molecule is [2H]c1c([2H])c([2H])c(-c2ccc3c(c2)C2(c4ccccc4Oc4ccccc42)c2cc(-n4c5ccc(C(C)(C)C)cc5c5cc(C(C)(C)C)ccc54)cc4c2B3c2ccc(-n3c5c([2H])c([2H])c([2H])c([2H])c5c5c([2H])c([2H])c([2H])c([2H])c53)cc2N4c2ccc(C(C)(C)C)cc2-c2ccccc2)c([2H])c1[2H]. The molecule has 3 aliphatic rings. The lowest BCUT2D eigenvalue weighted by molar-refractivity contribution is 0.435. The van der Waals surface area contributed by atoms with Crippen molar-refractivity contribution in [2.75, 3.05) is 4.90 Å². The molecule has 1 spiro atoms. The van der Waals surface area contributed by atoms with Gasteiger partial charge in [-0.25, -0.2) is 0 Å². The van der Waals surface area contributed by atoms with Crippen molar-refractivity contribution in [1.29, 1.82) is 0 Å². The van der Waals surface area contributed by atoms with E-state index in [0.29, 0.717) is 28.4 Å². The number of aromatic nitrogens is 2. The number of benzene rings is 12. The van der Waals surface area contributed by atoms with Crippen LogP contribution in [0.25, 0.3) is 77.2 Å². The number of hydrogen-bond donors (Lipinski definition) is 0. The molecule has 0 atom stereocenters. The molecule has 0 fully saturated rings. The summed E-state index contributed by atoms with van der Waals surface area (Å²) in [6.07, 6.45) is 0. The third-order valence-electron chi connectivity index (χ3n) is 19.2. The average molecular weight is 1170 g/mol. The zero-order chi connectivity index (χ0) is 72.5. The lowest BCUT2D eigenvalue weighted by Gasteiger charge is -2.50. The summed E-state index contributed by atoms with van der Waals surface area (Å²) in [5, 5.41) is 2.06. The van der Waals surface area contributed by atoms with Crippen molar-refractivity contribution < 1.29 is 22.6 Å². The first kappa shape index (κ1) is 41.9. The summed E-state index contributed by atoms with van der Waals surface area (Å²) in [5.74, 6) is 1.20. The molecule has 0 aliphatic carbocycles. The van der Waals surface area contributed by atoms with E-state index >= 15 is 0 Å². The Morgan fingerprint density at radius 2 is 0.900 bits per heavy atom. The zero-order valence-corrected chi connectivity index (χ0v) is 51.6. The molecule has 5 heteroatoms. The van der Waals surface area contributed by atoms with Crippen molar-refractivity contribution >= 4 is 83.8 Å². The van der Waals surface area contributed by atoms with E-state index in [1.165, 1.54) is 11.1 Å². The van der Waals surface area contributed by atoms with Gasteiger partial charge in [-0.2, -0.15) is 0 Å². The predicted molar refractivity (Wildman–Crippen MR) is 380 cm³/mol. The van der Waals surface area contributed by atoms with Crippen molar-refractivity contribution in [2.24, 2.45) is 0 Å². The van der Waals surface area contributed by atoms with E-state index in [9.17, 15) is 11.0 Å². The number of hydrogen-bond acceptors (Lipinski definition) is 2. The van der Waals surface area contributed by atoms with Gasteiger partial charge in [-0.1, -0.05) is 243 Å². The molecule has 0 unspecified atom stereocenters. The molecule has 12 aromatic carbocycles.